The number of carbonyl (C=O) groups is 3. The molecule has 1 fully saturated rings. The van der Waals surface area contributed by atoms with Crippen LogP contribution in [0.1, 0.15) is 48.2 Å². The number of rotatable bonds is 1. The Hall–Kier alpha value is -2.24. The molecule has 22 heavy (non-hydrogen) atoms. The van der Waals surface area contributed by atoms with Gasteiger partial charge in [0.15, 0.2) is 0 Å². The van der Waals surface area contributed by atoms with E-state index in [2.05, 4.69) is 5.32 Å². The first-order valence-corrected chi connectivity index (χ1v) is 7.41. The molecule has 6 heteroatoms. The zero-order valence-electron chi connectivity index (χ0n) is 12.9. The summed E-state index contributed by atoms with van der Waals surface area (Å²) >= 11 is 0. The van der Waals surface area contributed by atoms with Gasteiger partial charge < -0.3 is 4.90 Å². The Kier molecular flexibility index (Phi) is 4.59. The fourth-order valence-corrected chi connectivity index (χ4v) is 2.76. The molecule has 5 nitrogen and oxygen atoms in total. The first-order valence-electron chi connectivity index (χ1n) is 7.41. The van der Waals surface area contributed by atoms with E-state index < -0.39 is 11.9 Å². The van der Waals surface area contributed by atoms with Gasteiger partial charge in [-0.2, -0.15) is 0 Å². The van der Waals surface area contributed by atoms with Crippen molar-refractivity contribution in [2.75, 3.05) is 0 Å². The molecule has 0 aromatic heterocycles. The quantitative estimate of drug-likeness (QED) is 0.806. The van der Waals surface area contributed by atoms with E-state index in [9.17, 15) is 18.8 Å². The first-order chi connectivity index (χ1) is 10.5. The Morgan fingerprint density at radius 3 is 2.55 bits per heavy atom. The summed E-state index contributed by atoms with van der Waals surface area (Å²) < 4.78 is 13.5. The van der Waals surface area contributed by atoms with E-state index in [0.717, 1.165) is 0 Å². The SMILES string of the molecule is CC.Cc1c(F)ccc2c1CN(C1CCC(=O)NC1=O)C2=O. The van der Waals surface area contributed by atoms with Gasteiger partial charge in [-0.3, -0.25) is 19.7 Å². The van der Waals surface area contributed by atoms with E-state index in [1.807, 2.05) is 13.8 Å². The fraction of sp³-hybridized carbons (Fsp3) is 0.438. The van der Waals surface area contributed by atoms with Crippen molar-refractivity contribution in [3.63, 3.8) is 0 Å². The summed E-state index contributed by atoms with van der Waals surface area (Å²) in [5.74, 6) is -1.42. The zero-order valence-corrected chi connectivity index (χ0v) is 12.9. The molecule has 1 atom stereocenters. The first kappa shape index (κ1) is 16.1. The Labute approximate surface area is 128 Å². The van der Waals surface area contributed by atoms with Crippen molar-refractivity contribution in [1.29, 1.82) is 0 Å². The average Bonchev–Trinajstić information content (AvgIpc) is 2.83. The summed E-state index contributed by atoms with van der Waals surface area (Å²) in [5, 5.41) is 2.23. The van der Waals surface area contributed by atoms with E-state index in [0.29, 0.717) is 23.1 Å². The predicted octanol–water partition coefficient (Wildman–Crippen LogP) is 1.92. The highest BCUT2D eigenvalue weighted by atomic mass is 19.1. The van der Waals surface area contributed by atoms with Crippen LogP contribution in [0.5, 0.6) is 0 Å². The Morgan fingerprint density at radius 1 is 1.23 bits per heavy atom. The minimum absolute atomic E-state index is 0.212. The third kappa shape index (κ3) is 2.61. The van der Waals surface area contributed by atoms with Crippen molar-refractivity contribution in [3.8, 4) is 0 Å². The summed E-state index contributed by atoms with van der Waals surface area (Å²) in [7, 11) is 0. The number of halogens is 1. The molecule has 0 saturated carbocycles. The average molecular weight is 306 g/mol. The number of hydrogen-bond donors (Lipinski definition) is 1. The largest absolute Gasteiger partial charge is 0.322 e. The van der Waals surface area contributed by atoms with Crippen LogP contribution in [0.2, 0.25) is 0 Å². The number of amides is 3. The van der Waals surface area contributed by atoms with Crippen LogP contribution >= 0.6 is 0 Å². The highest BCUT2D eigenvalue weighted by Crippen LogP contribution is 2.30. The smallest absolute Gasteiger partial charge is 0.255 e. The number of fused-ring (bicyclic) bond motifs is 1. The van der Waals surface area contributed by atoms with Gasteiger partial charge in [0.25, 0.3) is 5.91 Å². The minimum Gasteiger partial charge on any atom is -0.322 e. The molecule has 1 aromatic carbocycles. The standard InChI is InChI=1S/C14H13FN2O3.C2H6/c1-7-9-6-17(11-4-5-12(18)16-13(11)19)14(20)8(9)2-3-10(7)15;1-2/h2-3,11H,4-6H2,1H3,(H,16,18,19);1-2H3. The monoisotopic (exact) mass is 306 g/mol. The summed E-state index contributed by atoms with van der Waals surface area (Å²) in [4.78, 5) is 36.7. The summed E-state index contributed by atoms with van der Waals surface area (Å²) in [5.41, 5.74) is 1.50. The topological polar surface area (TPSA) is 66.5 Å². The van der Waals surface area contributed by atoms with Crippen LogP contribution in [0, 0.1) is 12.7 Å². The Morgan fingerprint density at radius 2 is 1.91 bits per heavy atom. The normalized spacial score (nSPS) is 20.3. The lowest BCUT2D eigenvalue weighted by Gasteiger charge is -2.29. The van der Waals surface area contributed by atoms with Crippen LogP contribution < -0.4 is 5.32 Å². The van der Waals surface area contributed by atoms with Crippen LogP contribution in [0.15, 0.2) is 12.1 Å². The second-order valence-corrected chi connectivity index (χ2v) is 5.10. The van der Waals surface area contributed by atoms with Crippen molar-refractivity contribution in [1.82, 2.24) is 10.2 Å². The van der Waals surface area contributed by atoms with Crippen LogP contribution in [0.3, 0.4) is 0 Å². The lowest BCUT2D eigenvalue weighted by Crippen LogP contribution is -2.52. The van der Waals surface area contributed by atoms with Crippen molar-refractivity contribution < 1.29 is 18.8 Å². The van der Waals surface area contributed by atoms with Gasteiger partial charge in [0, 0.05) is 18.5 Å². The number of nitrogens with zero attached hydrogens (tertiary/aromatic N) is 1. The molecule has 0 spiro atoms. The molecule has 3 amide bonds. The van der Waals surface area contributed by atoms with Gasteiger partial charge >= 0.3 is 0 Å². The lowest BCUT2D eigenvalue weighted by atomic mass is 10.0. The predicted molar refractivity (Wildman–Crippen MR) is 78.5 cm³/mol. The van der Waals surface area contributed by atoms with Crippen LogP contribution in [-0.4, -0.2) is 28.7 Å². The maximum Gasteiger partial charge on any atom is 0.255 e. The number of piperidine rings is 1. The zero-order chi connectivity index (χ0) is 16.4. The number of benzene rings is 1. The maximum absolute atomic E-state index is 13.5. The van der Waals surface area contributed by atoms with Gasteiger partial charge in [-0.15, -0.1) is 0 Å². The lowest BCUT2D eigenvalue weighted by molar-refractivity contribution is -0.136. The number of carbonyl (C=O) groups excluding carboxylic acids is 3. The van der Waals surface area contributed by atoms with E-state index in [1.54, 1.807) is 6.92 Å². The van der Waals surface area contributed by atoms with E-state index in [1.165, 1.54) is 17.0 Å². The molecule has 0 bridgehead atoms. The van der Waals surface area contributed by atoms with Gasteiger partial charge in [-0.1, -0.05) is 13.8 Å². The van der Waals surface area contributed by atoms with Gasteiger partial charge in [-0.25, -0.2) is 4.39 Å². The number of imide groups is 1. The molecular formula is C16H19FN2O3. The second kappa shape index (κ2) is 6.25. The highest BCUT2D eigenvalue weighted by Gasteiger charge is 2.39. The molecule has 2 heterocycles. The summed E-state index contributed by atoms with van der Waals surface area (Å²) in [6.07, 6.45) is 0.524. The molecular weight excluding hydrogens is 287 g/mol. The van der Waals surface area contributed by atoms with Gasteiger partial charge in [0.2, 0.25) is 11.8 Å². The van der Waals surface area contributed by atoms with Gasteiger partial charge in [-0.05, 0) is 36.6 Å². The minimum atomic E-state index is -0.657. The molecule has 1 aromatic rings. The molecule has 0 aliphatic carbocycles. The molecule has 1 N–H and O–H groups in total. The molecule has 0 radical (unpaired) electrons. The number of hydrogen-bond acceptors (Lipinski definition) is 3. The Bertz CT molecular complexity index is 643. The van der Waals surface area contributed by atoms with Crippen LogP contribution in [-0.2, 0) is 16.1 Å². The molecule has 2 aliphatic rings. The van der Waals surface area contributed by atoms with Crippen molar-refractivity contribution in [2.24, 2.45) is 0 Å². The van der Waals surface area contributed by atoms with Crippen LogP contribution in [0.4, 0.5) is 4.39 Å². The Balaban J connectivity index is 0.000000847. The van der Waals surface area contributed by atoms with Gasteiger partial charge in [0.05, 0.1) is 0 Å². The maximum atomic E-state index is 13.5. The van der Waals surface area contributed by atoms with E-state index in [4.69, 9.17) is 0 Å². The second-order valence-electron chi connectivity index (χ2n) is 5.10. The summed E-state index contributed by atoms with van der Waals surface area (Å²) in [6.45, 7) is 5.83. The van der Waals surface area contributed by atoms with Crippen molar-refractivity contribution in [3.05, 3.63) is 34.6 Å². The van der Waals surface area contributed by atoms with E-state index in [-0.39, 0.29) is 30.6 Å². The van der Waals surface area contributed by atoms with Crippen molar-refractivity contribution >= 4 is 17.7 Å². The summed E-state index contributed by atoms with van der Waals surface area (Å²) in [6, 6.07) is 2.06. The van der Waals surface area contributed by atoms with E-state index >= 15 is 0 Å². The molecule has 3 rings (SSSR count). The third-order valence-electron chi connectivity index (χ3n) is 3.94. The molecule has 118 valence electrons. The molecule has 1 unspecified atom stereocenters. The van der Waals surface area contributed by atoms with Crippen molar-refractivity contribution in [2.45, 2.75) is 46.2 Å². The van der Waals surface area contributed by atoms with Gasteiger partial charge in [0.1, 0.15) is 11.9 Å². The molecule has 2 aliphatic heterocycles. The highest BCUT2D eigenvalue weighted by molar-refractivity contribution is 6.05. The fourth-order valence-electron chi connectivity index (χ4n) is 2.76. The molecule has 1 saturated heterocycles. The third-order valence-corrected chi connectivity index (χ3v) is 3.94. The van der Waals surface area contributed by atoms with Crippen LogP contribution in [0.25, 0.3) is 0 Å². The number of nitrogens with one attached hydrogen (secondary N) is 1.